The van der Waals surface area contributed by atoms with E-state index >= 15 is 0 Å². The van der Waals surface area contributed by atoms with Crippen molar-refractivity contribution in [3.8, 4) is 0 Å². The van der Waals surface area contributed by atoms with E-state index in [1.807, 2.05) is 12.1 Å². The van der Waals surface area contributed by atoms with Crippen LogP contribution < -0.4 is 5.32 Å². The lowest BCUT2D eigenvalue weighted by molar-refractivity contribution is 0.299. The standard InChI is InChI=1S/C15H22Cl2N2/c1-3-18-14(9-10-19(2)11-7-8-11)12-5-4-6-13(16)15(12)17/h4-6,11,14,18H,3,7-10H2,1-2H3. The van der Waals surface area contributed by atoms with E-state index in [9.17, 15) is 0 Å². The van der Waals surface area contributed by atoms with Crippen molar-refractivity contribution in [2.45, 2.75) is 38.3 Å². The molecule has 1 fully saturated rings. The highest BCUT2D eigenvalue weighted by Gasteiger charge is 2.26. The maximum atomic E-state index is 6.33. The summed E-state index contributed by atoms with van der Waals surface area (Å²) < 4.78 is 0. The molecule has 1 saturated carbocycles. The predicted molar refractivity (Wildman–Crippen MR) is 83.1 cm³/mol. The van der Waals surface area contributed by atoms with Crippen LogP contribution in [0, 0.1) is 0 Å². The third-order valence-electron chi connectivity index (χ3n) is 3.75. The molecule has 19 heavy (non-hydrogen) atoms. The average molecular weight is 301 g/mol. The van der Waals surface area contributed by atoms with Gasteiger partial charge in [0.05, 0.1) is 10.0 Å². The molecule has 4 heteroatoms. The highest BCUT2D eigenvalue weighted by Crippen LogP contribution is 2.32. The Kier molecular flexibility index (Phi) is 5.52. The number of halogens is 2. The minimum atomic E-state index is 0.275. The van der Waals surface area contributed by atoms with Gasteiger partial charge in [0.25, 0.3) is 0 Å². The summed E-state index contributed by atoms with van der Waals surface area (Å²) in [5, 5.41) is 4.83. The molecule has 1 aliphatic rings. The molecule has 0 spiro atoms. The Bertz CT molecular complexity index is 419. The molecule has 2 rings (SSSR count). The minimum Gasteiger partial charge on any atom is -0.310 e. The van der Waals surface area contributed by atoms with E-state index < -0.39 is 0 Å². The second-order valence-corrected chi connectivity index (χ2v) is 6.04. The minimum absolute atomic E-state index is 0.275. The molecule has 1 aromatic carbocycles. The Balaban J connectivity index is 2.03. The Morgan fingerprint density at radius 2 is 2.11 bits per heavy atom. The molecular formula is C15H22Cl2N2. The van der Waals surface area contributed by atoms with Gasteiger partial charge in [0, 0.05) is 12.1 Å². The molecule has 1 atom stereocenters. The lowest BCUT2D eigenvalue weighted by Crippen LogP contribution is -2.28. The molecule has 1 unspecified atom stereocenters. The Morgan fingerprint density at radius 3 is 2.74 bits per heavy atom. The van der Waals surface area contributed by atoms with Crippen LogP contribution in [0.4, 0.5) is 0 Å². The summed E-state index contributed by atoms with van der Waals surface area (Å²) in [5.74, 6) is 0. The zero-order valence-corrected chi connectivity index (χ0v) is 13.1. The van der Waals surface area contributed by atoms with Gasteiger partial charge in [-0.25, -0.2) is 0 Å². The number of hydrogen-bond donors (Lipinski definition) is 1. The van der Waals surface area contributed by atoms with Gasteiger partial charge in [-0.3, -0.25) is 0 Å². The van der Waals surface area contributed by atoms with Crippen LogP contribution in [0.2, 0.25) is 10.0 Å². The smallest absolute Gasteiger partial charge is 0.0640 e. The summed E-state index contributed by atoms with van der Waals surface area (Å²) in [6.45, 7) is 4.14. The number of nitrogens with zero attached hydrogens (tertiary/aromatic N) is 1. The number of rotatable bonds is 7. The molecule has 0 aromatic heterocycles. The largest absolute Gasteiger partial charge is 0.310 e. The van der Waals surface area contributed by atoms with Crippen molar-refractivity contribution in [1.29, 1.82) is 0 Å². The third-order valence-corrected chi connectivity index (χ3v) is 4.58. The van der Waals surface area contributed by atoms with Gasteiger partial charge in [-0.05, 0) is 51.0 Å². The zero-order chi connectivity index (χ0) is 13.8. The van der Waals surface area contributed by atoms with E-state index in [1.54, 1.807) is 0 Å². The number of nitrogens with one attached hydrogen (secondary N) is 1. The van der Waals surface area contributed by atoms with Gasteiger partial charge in [-0.2, -0.15) is 0 Å². The van der Waals surface area contributed by atoms with Gasteiger partial charge in [0.15, 0.2) is 0 Å². The first-order valence-electron chi connectivity index (χ1n) is 7.01. The monoisotopic (exact) mass is 300 g/mol. The molecule has 2 nitrogen and oxygen atoms in total. The van der Waals surface area contributed by atoms with Crippen LogP contribution in [0.1, 0.15) is 37.8 Å². The summed E-state index contributed by atoms with van der Waals surface area (Å²) in [4.78, 5) is 2.45. The maximum Gasteiger partial charge on any atom is 0.0640 e. The molecule has 1 aliphatic carbocycles. The van der Waals surface area contributed by atoms with Gasteiger partial charge >= 0.3 is 0 Å². The Morgan fingerprint density at radius 1 is 1.37 bits per heavy atom. The number of hydrogen-bond acceptors (Lipinski definition) is 2. The summed E-state index contributed by atoms with van der Waals surface area (Å²) in [6, 6.07) is 6.96. The van der Waals surface area contributed by atoms with E-state index in [0.717, 1.165) is 31.1 Å². The molecule has 0 heterocycles. The maximum absolute atomic E-state index is 6.33. The number of benzene rings is 1. The van der Waals surface area contributed by atoms with Crippen LogP contribution in [0.3, 0.4) is 0 Å². The Labute approximate surface area is 126 Å². The Hall–Kier alpha value is -0.280. The summed E-state index contributed by atoms with van der Waals surface area (Å²) >= 11 is 12.4. The molecule has 1 N–H and O–H groups in total. The predicted octanol–water partition coefficient (Wildman–Crippen LogP) is 4.13. The highest BCUT2D eigenvalue weighted by atomic mass is 35.5. The third kappa shape index (κ3) is 4.09. The van der Waals surface area contributed by atoms with Gasteiger partial charge in [-0.1, -0.05) is 42.3 Å². The normalized spacial score (nSPS) is 16.9. The summed E-state index contributed by atoms with van der Waals surface area (Å²) in [7, 11) is 2.21. The van der Waals surface area contributed by atoms with E-state index in [0.29, 0.717) is 10.0 Å². The second kappa shape index (κ2) is 6.94. The summed E-state index contributed by atoms with van der Waals surface area (Å²) in [6.07, 6.45) is 3.75. The first-order valence-corrected chi connectivity index (χ1v) is 7.76. The van der Waals surface area contributed by atoms with E-state index in [4.69, 9.17) is 23.2 Å². The van der Waals surface area contributed by atoms with Crippen molar-refractivity contribution in [1.82, 2.24) is 10.2 Å². The molecule has 0 aliphatic heterocycles. The SMILES string of the molecule is CCNC(CCN(C)C1CC1)c1cccc(Cl)c1Cl. The van der Waals surface area contributed by atoms with Crippen molar-refractivity contribution in [3.63, 3.8) is 0 Å². The topological polar surface area (TPSA) is 15.3 Å². The van der Waals surface area contributed by atoms with Gasteiger partial charge in [0.1, 0.15) is 0 Å². The highest BCUT2D eigenvalue weighted by molar-refractivity contribution is 6.42. The fraction of sp³-hybridized carbons (Fsp3) is 0.600. The summed E-state index contributed by atoms with van der Waals surface area (Å²) in [5.41, 5.74) is 1.11. The zero-order valence-electron chi connectivity index (χ0n) is 11.6. The fourth-order valence-electron chi connectivity index (χ4n) is 2.43. The van der Waals surface area contributed by atoms with Crippen LogP contribution >= 0.6 is 23.2 Å². The average Bonchev–Trinajstić information content (AvgIpc) is 3.22. The molecule has 0 bridgehead atoms. The van der Waals surface area contributed by atoms with Crippen LogP contribution in [0.5, 0.6) is 0 Å². The first kappa shape index (κ1) is 15.1. The van der Waals surface area contributed by atoms with Crippen molar-refractivity contribution >= 4 is 23.2 Å². The van der Waals surface area contributed by atoms with Gasteiger partial charge in [-0.15, -0.1) is 0 Å². The van der Waals surface area contributed by atoms with Crippen molar-refractivity contribution in [2.24, 2.45) is 0 Å². The lowest BCUT2D eigenvalue weighted by Gasteiger charge is -2.23. The van der Waals surface area contributed by atoms with Gasteiger partial charge in [0.2, 0.25) is 0 Å². The van der Waals surface area contributed by atoms with Crippen LogP contribution in [0.25, 0.3) is 0 Å². The molecule has 1 aromatic rings. The van der Waals surface area contributed by atoms with Crippen molar-refractivity contribution in [3.05, 3.63) is 33.8 Å². The molecule has 0 amide bonds. The van der Waals surface area contributed by atoms with Gasteiger partial charge < -0.3 is 10.2 Å². The second-order valence-electron chi connectivity index (χ2n) is 5.25. The van der Waals surface area contributed by atoms with Crippen molar-refractivity contribution in [2.75, 3.05) is 20.1 Å². The first-order chi connectivity index (χ1) is 9.13. The molecular weight excluding hydrogens is 279 g/mol. The lowest BCUT2D eigenvalue weighted by atomic mass is 10.0. The van der Waals surface area contributed by atoms with Crippen LogP contribution in [-0.2, 0) is 0 Å². The van der Waals surface area contributed by atoms with Crippen LogP contribution in [0.15, 0.2) is 18.2 Å². The molecule has 0 radical (unpaired) electrons. The van der Waals surface area contributed by atoms with E-state index in [1.165, 1.54) is 12.8 Å². The molecule has 106 valence electrons. The quantitative estimate of drug-likeness (QED) is 0.814. The van der Waals surface area contributed by atoms with Crippen LogP contribution in [-0.4, -0.2) is 31.1 Å². The molecule has 0 saturated heterocycles. The van der Waals surface area contributed by atoms with E-state index in [2.05, 4.69) is 30.3 Å². The fourth-order valence-corrected chi connectivity index (χ4v) is 2.87. The van der Waals surface area contributed by atoms with Crippen molar-refractivity contribution < 1.29 is 0 Å². The van der Waals surface area contributed by atoms with E-state index in [-0.39, 0.29) is 6.04 Å².